The topological polar surface area (TPSA) is 107 Å². The zero-order valence-corrected chi connectivity index (χ0v) is 19.5. The van der Waals surface area contributed by atoms with Crippen molar-refractivity contribution < 1.29 is 13.5 Å². The maximum atomic E-state index is 11.7. The molecule has 2 atom stereocenters. The summed E-state index contributed by atoms with van der Waals surface area (Å²) in [5, 5.41) is 17.8. The summed E-state index contributed by atoms with van der Waals surface area (Å²) in [5.74, 6) is 3.51. The summed E-state index contributed by atoms with van der Waals surface area (Å²) in [6.07, 6.45) is 6.99. The maximum absolute atomic E-state index is 11.7. The van der Waals surface area contributed by atoms with E-state index >= 15 is 0 Å². The Morgan fingerprint density at radius 1 is 1.00 bits per heavy atom. The molecule has 5 aliphatic rings. The maximum Gasteiger partial charge on any atom is 0.229 e. The van der Waals surface area contributed by atoms with Crippen LogP contribution in [0.15, 0.2) is 36.5 Å². The molecule has 1 aromatic heterocycles. The van der Waals surface area contributed by atoms with Crippen LogP contribution in [0, 0.1) is 17.8 Å². The van der Waals surface area contributed by atoms with E-state index < -0.39 is 15.4 Å². The van der Waals surface area contributed by atoms with Crippen molar-refractivity contribution in [2.45, 2.75) is 43.7 Å². The number of hydrogen-bond acceptors (Lipinski definition) is 8. The molecule has 5 fully saturated rings. The van der Waals surface area contributed by atoms with Gasteiger partial charge in [0.1, 0.15) is 5.82 Å². The molecule has 176 valence electrons. The van der Waals surface area contributed by atoms with E-state index in [1.54, 1.807) is 6.20 Å². The van der Waals surface area contributed by atoms with Crippen molar-refractivity contribution in [2.75, 3.05) is 40.1 Å². The van der Waals surface area contributed by atoms with E-state index in [1.165, 1.54) is 12.8 Å². The summed E-state index contributed by atoms with van der Waals surface area (Å²) in [7, 11) is -2.89. The average molecular weight is 470 g/mol. The van der Waals surface area contributed by atoms with Crippen molar-refractivity contribution in [3.8, 4) is 0 Å². The van der Waals surface area contributed by atoms with E-state index in [4.69, 9.17) is 4.98 Å². The molecule has 9 heteroatoms. The molecular weight excluding hydrogens is 438 g/mol. The van der Waals surface area contributed by atoms with Gasteiger partial charge in [0.05, 0.1) is 17.1 Å². The van der Waals surface area contributed by atoms with Gasteiger partial charge in [0.2, 0.25) is 5.95 Å². The van der Waals surface area contributed by atoms with Crippen LogP contribution in [0.25, 0.3) is 0 Å². The molecule has 2 aromatic rings. The Kier molecular flexibility index (Phi) is 5.03. The van der Waals surface area contributed by atoms with Crippen molar-refractivity contribution in [1.29, 1.82) is 0 Å². The number of rotatable bonds is 5. The monoisotopic (exact) mass is 469 g/mol. The van der Waals surface area contributed by atoms with Crippen LogP contribution in [0.4, 0.5) is 23.1 Å². The molecule has 4 bridgehead atoms. The highest BCUT2D eigenvalue weighted by Gasteiger charge is 2.54. The quantitative estimate of drug-likeness (QED) is 0.614. The molecule has 8 nitrogen and oxygen atoms in total. The molecule has 1 aromatic carbocycles. The highest BCUT2D eigenvalue weighted by atomic mass is 32.2. The molecule has 1 aliphatic heterocycles. The van der Waals surface area contributed by atoms with E-state index in [-0.39, 0.29) is 11.5 Å². The van der Waals surface area contributed by atoms with Crippen LogP contribution in [0.2, 0.25) is 0 Å². The van der Waals surface area contributed by atoms with Gasteiger partial charge in [-0.25, -0.2) is 13.4 Å². The minimum atomic E-state index is -2.89. The van der Waals surface area contributed by atoms with Crippen molar-refractivity contribution in [2.24, 2.45) is 17.8 Å². The Morgan fingerprint density at radius 2 is 1.70 bits per heavy atom. The minimum absolute atomic E-state index is 0.212. The van der Waals surface area contributed by atoms with Gasteiger partial charge in [-0.05, 0) is 80.2 Å². The normalized spacial score (nSPS) is 34.3. The van der Waals surface area contributed by atoms with Crippen LogP contribution in [0.3, 0.4) is 0 Å². The predicted octanol–water partition coefficient (Wildman–Crippen LogP) is 2.81. The van der Waals surface area contributed by atoms with Crippen molar-refractivity contribution in [3.05, 3.63) is 36.5 Å². The predicted molar refractivity (Wildman–Crippen MR) is 129 cm³/mol. The SMILES string of the molecule is O=S1(=O)CCN(c2ccc(Nc3nccc(NC4C5CC6CC4CC(O)(C6)C5)n3)cc2)CC1. The van der Waals surface area contributed by atoms with E-state index in [0.717, 1.165) is 36.5 Å². The second kappa shape index (κ2) is 7.84. The average Bonchev–Trinajstić information content (AvgIpc) is 2.76. The van der Waals surface area contributed by atoms with Crippen molar-refractivity contribution in [3.63, 3.8) is 0 Å². The highest BCUT2D eigenvalue weighted by molar-refractivity contribution is 7.91. The van der Waals surface area contributed by atoms with Crippen LogP contribution in [0.5, 0.6) is 0 Å². The van der Waals surface area contributed by atoms with Gasteiger partial charge in [0, 0.05) is 36.7 Å². The third kappa shape index (κ3) is 4.28. The molecule has 2 heterocycles. The van der Waals surface area contributed by atoms with Gasteiger partial charge in [-0.1, -0.05) is 0 Å². The lowest BCUT2D eigenvalue weighted by molar-refractivity contribution is -0.129. The molecule has 1 saturated heterocycles. The number of anilines is 4. The Bertz CT molecular complexity index is 1110. The summed E-state index contributed by atoms with van der Waals surface area (Å²) < 4.78 is 23.3. The molecule has 2 unspecified atom stereocenters. The molecule has 3 N–H and O–H groups in total. The summed E-state index contributed by atoms with van der Waals surface area (Å²) in [6, 6.07) is 10.2. The third-order valence-electron chi connectivity index (χ3n) is 8.04. The smallest absolute Gasteiger partial charge is 0.229 e. The number of aliphatic hydroxyl groups is 1. The van der Waals surface area contributed by atoms with Gasteiger partial charge in [-0.3, -0.25) is 0 Å². The lowest BCUT2D eigenvalue weighted by Gasteiger charge is -2.58. The van der Waals surface area contributed by atoms with Crippen LogP contribution in [-0.2, 0) is 9.84 Å². The largest absolute Gasteiger partial charge is 0.390 e. The first-order chi connectivity index (χ1) is 15.8. The fourth-order valence-corrected chi connectivity index (χ4v) is 7.94. The standard InChI is InChI=1S/C24H31N5O3S/c30-24-13-16-11-17(14-24)22(18(12-16)15-24)27-21-5-6-25-23(28-21)26-19-1-3-20(4-2-19)29-7-9-33(31,32)10-8-29/h1-6,16-18,22,30H,7-15H2,(H2,25,26,27,28). The summed E-state index contributed by atoms with van der Waals surface area (Å²) in [5.41, 5.74) is 1.48. The van der Waals surface area contributed by atoms with Gasteiger partial charge in [0.15, 0.2) is 9.84 Å². The number of nitrogens with zero attached hydrogens (tertiary/aromatic N) is 3. The number of hydrogen-bond donors (Lipinski definition) is 3. The summed E-state index contributed by atoms with van der Waals surface area (Å²) >= 11 is 0. The third-order valence-corrected chi connectivity index (χ3v) is 9.65. The number of aromatic nitrogens is 2. The lowest BCUT2D eigenvalue weighted by atomic mass is 9.52. The van der Waals surface area contributed by atoms with Crippen molar-refractivity contribution in [1.82, 2.24) is 9.97 Å². The second-order valence-electron chi connectivity index (χ2n) is 10.4. The van der Waals surface area contributed by atoms with Crippen molar-refractivity contribution >= 4 is 33.0 Å². The van der Waals surface area contributed by atoms with E-state index in [9.17, 15) is 13.5 Å². The first-order valence-corrected chi connectivity index (χ1v) is 13.8. The van der Waals surface area contributed by atoms with E-state index in [1.807, 2.05) is 30.3 Å². The number of nitrogens with one attached hydrogen (secondary N) is 2. The van der Waals surface area contributed by atoms with E-state index in [0.29, 0.717) is 42.8 Å². The highest BCUT2D eigenvalue weighted by Crippen LogP contribution is 2.56. The molecule has 0 spiro atoms. The Morgan fingerprint density at radius 3 is 2.36 bits per heavy atom. The number of sulfone groups is 1. The Labute approximate surface area is 194 Å². The molecule has 0 radical (unpaired) electrons. The fourth-order valence-electron chi connectivity index (χ4n) is 6.74. The fraction of sp³-hybridized carbons (Fsp3) is 0.583. The van der Waals surface area contributed by atoms with Crippen LogP contribution in [0.1, 0.15) is 32.1 Å². The summed E-state index contributed by atoms with van der Waals surface area (Å²) in [6.45, 7) is 1.07. The van der Waals surface area contributed by atoms with Gasteiger partial charge in [-0.2, -0.15) is 4.98 Å². The van der Waals surface area contributed by atoms with Crippen LogP contribution in [-0.4, -0.2) is 59.7 Å². The second-order valence-corrected chi connectivity index (χ2v) is 12.7. The molecule has 4 saturated carbocycles. The Balaban J connectivity index is 1.11. The number of benzene rings is 1. The summed E-state index contributed by atoms with van der Waals surface area (Å²) in [4.78, 5) is 11.2. The van der Waals surface area contributed by atoms with Crippen LogP contribution >= 0.6 is 0 Å². The molecule has 4 aliphatic carbocycles. The molecule has 33 heavy (non-hydrogen) atoms. The van der Waals surface area contributed by atoms with Gasteiger partial charge >= 0.3 is 0 Å². The first-order valence-electron chi connectivity index (χ1n) is 12.0. The van der Waals surface area contributed by atoms with E-state index in [2.05, 4.69) is 20.5 Å². The molecule has 0 amide bonds. The van der Waals surface area contributed by atoms with Gasteiger partial charge < -0.3 is 20.6 Å². The molecule has 7 rings (SSSR count). The van der Waals surface area contributed by atoms with Crippen LogP contribution < -0.4 is 15.5 Å². The Hall–Kier alpha value is -2.39. The lowest BCUT2D eigenvalue weighted by Crippen LogP contribution is -2.59. The zero-order chi connectivity index (χ0) is 22.6. The molecular formula is C24H31N5O3S. The van der Waals surface area contributed by atoms with Gasteiger partial charge in [-0.15, -0.1) is 0 Å². The van der Waals surface area contributed by atoms with Gasteiger partial charge in [0.25, 0.3) is 0 Å². The first kappa shape index (κ1) is 21.2. The minimum Gasteiger partial charge on any atom is -0.390 e. The zero-order valence-electron chi connectivity index (χ0n) is 18.7.